The van der Waals surface area contributed by atoms with Gasteiger partial charge in [0, 0.05) is 24.5 Å². The molecule has 0 saturated carbocycles. The minimum atomic E-state index is -0.630. The van der Waals surface area contributed by atoms with E-state index in [4.69, 9.17) is 19.3 Å². The van der Waals surface area contributed by atoms with Crippen LogP contribution in [0.25, 0.3) is 0 Å². The summed E-state index contributed by atoms with van der Waals surface area (Å²) in [6.45, 7) is 12.1. The van der Waals surface area contributed by atoms with E-state index in [0.29, 0.717) is 71.3 Å². The molecular formula is C31H37BrN6O5S. The molecule has 11 nitrogen and oxygen atoms in total. The molecule has 1 saturated heterocycles. The predicted molar refractivity (Wildman–Crippen MR) is 174 cm³/mol. The quantitative estimate of drug-likeness (QED) is 0.273. The second-order valence-electron chi connectivity index (χ2n) is 10.4. The number of hydrogen-bond acceptors (Lipinski definition) is 9. The molecule has 44 heavy (non-hydrogen) atoms. The van der Waals surface area contributed by atoms with E-state index in [1.807, 2.05) is 65.0 Å². The van der Waals surface area contributed by atoms with E-state index < -0.39 is 6.04 Å². The van der Waals surface area contributed by atoms with E-state index in [2.05, 4.69) is 31.5 Å². The van der Waals surface area contributed by atoms with Crippen molar-refractivity contribution >= 4 is 51.1 Å². The third-order valence-electron chi connectivity index (χ3n) is 7.56. The van der Waals surface area contributed by atoms with Gasteiger partial charge in [-0.3, -0.25) is 9.59 Å². The summed E-state index contributed by atoms with van der Waals surface area (Å²) >= 11 is 5.18. The third kappa shape index (κ3) is 6.74. The molecule has 0 aliphatic carbocycles. The SMILES string of the molecule is CCOc1cc(C2C(C(=O)Nc3cccc(C)c3C)=C(C)Nc3nc(SCC)nn32)cc(Br)c1OCC(=O)N1CCOCC1. The normalized spacial score (nSPS) is 16.3. The summed E-state index contributed by atoms with van der Waals surface area (Å²) < 4.78 is 19.7. The highest BCUT2D eigenvalue weighted by Gasteiger charge is 2.36. The molecule has 5 rings (SSSR count). The first-order valence-electron chi connectivity index (χ1n) is 14.6. The first-order chi connectivity index (χ1) is 21.2. The van der Waals surface area contributed by atoms with Gasteiger partial charge in [-0.1, -0.05) is 30.8 Å². The monoisotopic (exact) mass is 684 g/mol. The van der Waals surface area contributed by atoms with Crippen molar-refractivity contribution in [3.05, 3.63) is 62.8 Å². The van der Waals surface area contributed by atoms with Gasteiger partial charge in [-0.05, 0) is 84.3 Å². The Kier molecular flexibility index (Phi) is 10.2. The van der Waals surface area contributed by atoms with Crippen LogP contribution >= 0.6 is 27.7 Å². The highest BCUT2D eigenvalue weighted by atomic mass is 79.9. The molecule has 2 N–H and O–H groups in total. The van der Waals surface area contributed by atoms with Crippen LogP contribution in [-0.4, -0.2) is 76.7 Å². The zero-order valence-electron chi connectivity index (χ0n) is 25.5. The summed E-state index contributed by atoms with van der Waals surface area (Å²) in [4.78, 5) is 33.3. The lowest BCUT2D eigenvalue weighted by molar-refractivity contribution is -0.137. The maximum absolute atomic E-state index is 14.1. The van der Waals surface area contributed by atoms with Gasteiger partial charge in [-0.25, -0.2) is 4.68 Å². The zero-order valence-corrected chi connectivity index (χ0v) is 27.9. The minimum Gasteiger partial charge on any atom is -0.490 e. The molecule has 1 atom stereocenters. The number of allylic oxidation sites excluding steroid dienone is 1. The number of aromatic nitrogens is 3. The van der Waals surface area contributed by atoms with Crippen LogP contribution in [0.2, 0.25) is 0 Å². The number of carbonyl (C=O) groups excluding carboxylic acids is 2. The predicted octanol–water partition coefficient (Wildman–Crippen LogP) is 5.33. The lowest BCUT2D eigenvalue weighted by atomic mass is 9.94. The van der Waals surface area contributed by atoms with Gasteiger partial charge in [0.15, 0.2) is 18.1 Å². The van der Waals surface area contributed by atoms with Gasteiger partial charge in [-0.2, -0.15) is 4.98 Å². The van der Waals surface area contributed by atoms with Gasteiger partial charge in [0.05, 0.1) is 29.9 Å². The van der Waals surface area contributed by atoms with Crippen LogP contribution in [0.5, 0.6) is 11.5 Å². The highest BCUT2D eigenvalue weighted by molar-refractivity contribution is 9.10. The number of nitrogens with zero attached hydrogens (tertiary/aromatic N) is 4. The molecule has 0 spiro atoms. The molecule has 3 aromatic rings. The fraction of sp³-hybridized carbons (Fsp3) is 0.419. The Balaban J connectivity index is 1.53. The first kappa shape index (κ1) is 31.9. The average molecular weight is 686 g/mol. The topological polar surface area (TPSA) is 120 Å². The van der Waals surface area contributed by atoms with Crippen molar-refractivity contribution in [3.8, 4) is 11.5 Å². The Hall–Kier alpha value is -3.55. The van der Waals surface area contributed by atoms with Crippen molar-refractivity contribution in [3.63, 3.8) is 0 Å². The number of rotatable bonds is 10. The molecule has 2 amide bonds. The fourth-order valence-corrected chi connectivity index (χ4v) is 6.32. The lowest BCUT2D eigenvalue weighted by Gasteiger charge is -2.30. The van der Waals surface area contributed by atoms with Gasteiger partial charge in [0.2, 0.25) is 11.1 Å². The van der Waals surface area contributed by atoms with Gasteiger partial charge >= 0.3 is 0 Å². The molecule has 1 aromatic heterocycles. The van der Waals surface area contributed by atoms with Crippen molar-refractivity contribution in [1.29, 1.82) is 0 Å². The molecule has 2 aliphatic heterocycles. The molecule has 1 unspecified atom stereocenters. The number of carbonyl (C=O) groups is 2. The van der Waals surface area contributed by atoms with Crippen molar-refractivity contribution < 1.29 is 23.8 Å². The Morgan fingerprint density at radius 2 is 1.93 bits per heavy atom. The number of fused-ring (bicyclic) bond motifs is 1. The van der Waals surface area contributed by atoms with Crippen molar-refractivity contribution in [2.24, 2.45) is 0 Å². The van der Waals surface area contributed by atoms with E-state index in [1.165, 1.54) is 11.8 Å². The van der Waals surface area contributed by atoms with Crippen molar-refractivity contribution in [2.45, 2.75) is 45.8 Å². The van der Waals surface area contributed by atoms with Crippen LogP contribution < -0.4 is 20.1 Å². The average Bonchev–Trinajstić information content (AvgIpc) is 3.40. The summed E-state index contributed by atoms with van der Waals surface area (Å²) in [5, 5.41) is 11.8. The maximum atomic E-state index is 14.1. The summed E-state index contributed by atoms with van der Waals surface area (Å²) in [5.74, 6) is 1.82. The molecular weight excluding hydrogens is 648 g/mol. The van der Waals surface area contributed by atoms with Gasteiger partial charge in [-0.15, -0.1) is 5.10 Å². The Bertz CT molecular complexity index is 1590. The van der Waals surface area contributed by atoms with E-state index in [-0.39, 0.29) is 18.4 Å². The summed E-state index contributed by atoms with van der Waals surface area (Å²) in [6.07, 6.45) is 0. The molecule has 2 aromatic carbocycles. The van der Waals surface area contributed by atoms with E-state index in [9.17, 15) is 9.59 Å². The number of nitrogens with one attached hydrogen (secondary N) is 2. The fourth-order valence-electron chi connectivity index (χ4n) is 5.19. The second kappa shape index (κ2) is 14.0. The largest absolute Gasteiger partial charge is 0.490 e. The van der Waals surface area contributed by atoms with Crippen LogP contribution in [0.1, 0.15) is 43.5 Å². The van der Waals surface area contributed by atoms with E-state index in [0.717, 1.165) is 28.1 Å². The van der Waals surface area contributed by atoms with Gasteiger partial charge < -0.3 is 29.7 Å². The number of aryl methyl sites for hydroxylation is 1. The van der Waals surface area contributed by atoms with Crippen LogP contribution in [0.4, 0.5) is 11.6 Å². The first-order valence-corrected chi connectivity index (χ1v) is 16.4. The van der Waals surface area contributed by atoms with Crippen molar-refractivity contribution in [2.75, 3.05) is 55.9 Å². The lowest BCUT2D eigenvalue weighted by Crippen LogP contribution is -2.43. The van der Waals surface area contributed by atoms with E-state index >= 15 is 0 Å². The molecule has 3 heterocycles. The smallest absolute Gasteiger partial charge is 0.260 e. The number of hydrogen-bond donors (Lipinski definition) is 2. The summed E-state index contributed by atoms with van der Waals surface area (Å²) in [7, 11) is 0. The molecule has 2 aliphatic rings. The molecule has 234 valence electrons. The molecule has 13 heteroatoms. The minimum absolute atomic E-state index is 0.123. The van der Waals surface area contributed by atoms with Gasteiger partial charge in [0.1, 0.15) is 6.04 Å². The number of morpholine rings is 1. The number of amides is 2. The number of thioether (sulfide) groups is 1. The standard InChI is InChI=1S/C31H37BrN6O5S/c1-6-42-24-16-21(15-22(32)28(24)43-17-25(39)37-11-13-41-14-12-37)27-26(29(40)34-23-10-8-9-18(3)19(23)4)20(5)33-30-35-31(44-7-2)36-38(27)30/h8-10,15-16,27H,6-7,11-14,17H2,1-5H3,(H,34,40)(H,33,35,36). The number of anilines is 2. The van der Waals surface area contributed by atoms with Crippen LogP contribution in [0, 0.1) is 13.8 Å². The van der Waals surface area contributed by atoms with E-state index in [1.54, 1.807) is 9.58 Å². The summed E-state index contributed by atoms with van der Waals surface area (Å²) in [5.41, 5.74) is 4.71. The molecule has 0 radical (unpaired) electrons. The molecule has 0 bridgehead atoms. The Morgan fingerprint density at radius 3 is 2.66 bits per heavy atom. The van der Waals surface area contributed by atoms with Crippen LogP contribution in [0.15, 0.2) is 51.2 Å². The molecule has 1 fully saturated rings. The number of benzene rings is 2. The van der Waals surface area contributed by atoms with Gasteiger partial charge in [0.25, 0.3) is 11.8 Å². The van der Waals surface area contributed by atoms with Crippen LogP contribution in [-0.2, 0) is 14.3 Å². The maximum Gasteiger partial charge on any atom is 0.260 e. The Morgan fingerprint density at radius 1 is 1.16 bits per heavy atom. The number of ether oxygens (including phenoxy) is 3. The van der Waals surface area contributed by atoms with Crippen LogP contribution in [0.3, 0.4) is 0 Å². The third-order valence-corrected chi connectivity index (χ3v) is 8.86. The zero-order chi connectivity index (χ0) is 31.4. The van der Waals surface area contributed by atoms with Crippen molar-refractivity contribution in [1.82, 2.24) is 19.7 Å². The summed E-state index contributed by atoms with van der Waals surface area (Å²) in [6, 6.07) is 8.92. The Labute approximate surface area is 269 Å². The highest BCUT2D eigenvalue weighted by Crippen LogP contribution is 2.43. The second-order valence-corrected chi connectivity index (χ2v) is 12.5. The number of halogens is 1.